The van der Waals surface area contributed by atoms with Gasteiger partial charge in [0.1, 0.15) is 12.4 Å². The summed E-state index contributed by atoms with van der Waals surface area (Å²) in [5, 5.41) is 9.61. The Morgan fingerprint density at radius 3 is 2.56 bits per heavy atom. The van der Waals surface area contributed by atoms with Crippen molar-refractivity contribution in [2.75, 3.05) is 63.3 Å². The van der Waals surface area contributed by atoms with Crippen LogP contribution in [0.25, 0.3) is 0 Å². The lowest BCUT2D eigenvalue weighted by atomic mass is 10.1. The number of sulfonamides is 1. The summed E-state index contributed by atoms with van der Waals surface area (Å²) in [4.78, 5) is 16.7. The number of amides is 2. The van der Waals surface area contributed by atoms with Gasteiger partial charge < -0.3 is 19.5 Å². The molecule has 2 aromatic carbocycles. The average molecular weight is 510 g/mol. The molecule has 0 unspecified atom stereocenters. The number of halogens is 1. The van der Waals surface area contributed by atoms with E-state index in [1.807, 2.05) is 18.2 Å². The molecule has 2 aliphatic heterocycles. The Kier molecular flexibility index (Phi) is 7.95. The van der Waals surface area contributed by atoms with Gasteiger partial charge in [0.15, 0.2) is 0 Å². The van der Waals surface area contributed by atoms with Crippen LogP contribution in [0.1, 0.15) is 11.6 Å². The maximum atomic E-state index is 13.5. The van der Waals surface area contributed by atoms with Crippen molar-refractivity contribution < 1.29 is 27.8 Å². The van der Waals surface area contributed by atoms with E-state index >= 15 is 0 Å². The highest BCUT2D eigenvalue weighted by Crippen LogP contribution is 2.36. The first-order chi connectivity index (χ1) is 16.4. The van der Waals surface area contributed by atoms with E-state index in [1.165, 1.54) is 4.31 Å². The Bertz CT molecular complexity index is 1090. The largest absolute Gasteiger partial charge is 0.491 e. The van der Waals surface area contributed by atoms with Gasteiger partial charge in [0.25, 0.3) is 0 Å². The summed E-state index contributed by atoms with van der Waals surface area (Å²) in [5.41, 5.74) is 1.51. The Hall–Kier alpha value is -2.37. The van der Waals surface area contributed by atoms with Gasteiger partial charge in [-0.1, -0.05) is 23.7 Å². The first-order valence-corrected chi connectivity index (χ1v) is 13.1. The Labute approximate surface area is 204 Å². The van der Waals surface area contributed by atoms with E-state index in [9.17, 15) is 13.2 Å². The third-order valence-corrected chi connectivity index (χ3v) is 7.97. The van der Waals surface area contributed by atoms with E-state index < -0.39 is 10.0 Å². The van der Waals surface area contributed by atoms with E-state index in [0.717, 1.165) is 5.56 Å². The van der Waals surface area contributed by atoms with Crippen LogP contribution < -0.4 is 9.64 Å². The predicted molar refractivity (Wildman–Crippen MR) is 129 cm³/mol. The fourth-order valence-corrected chi connectivity index (χ4v) is 5.68. The zero-order chi connectivity index (χ0) is 24.1. The smallest absolute Gasteiger partial charge is 0.325 e. The molecule has 184 valence electrons. The molecule has 2 heterocycles. The van der Waals surface area contributed by atoms with Gasteiger partial charge in [-0.3, -0.25) is 4.90 Å². The zero-order valence-corrected chi connectivity index (χ0v) is 20.2. The normalized spacial score (nSPS) is 19.6. The summed E-state index contributed by atoms with van der Waals surface area (Å²) >= 11 is 6.05. The molecule has 34 heavy (non-hydrogen) atoms. The topological polar surface area (TPSA) is 99.6 Å². The number of aliphatic hydroxyl groups is 1. The highest BCUT2D eigenvalue weighted by Gasteiger charge is 2.40. The van der Waals surface area contributed by atoms with E-state index in [1.54, 1.807) is 40.1 Å². The number of nitrogens with zero attached hydrogens (tertiary/aromatic N) is 3. The van der Waals surface area contributed by atoms with Crippen molar-refractivity contribution in [1.29, 1.82) is 0 Å². The maximum Gasteiger partial charge on any atom is 0.325 e. The van der Waals surface area contributed by atoms with Gasteiger partial charge in [0.2, 0.25) is 10.0 Å². The number of morpholine rings is 1. The maximum absolute atomic E-state index is 13.5. The predicted octanol–water partition coefficient (Wildman–Crippen LogP) is 2.36. The summed E-state index contributed by atoms with van der Waals surface area (Å²) in [6.07, 6.45) is 0. The van der Waals surface area contributed by atoms with Crippen molar-refractivity contribution in [3.8, 4) is 5.75 Å². The van der Waals surface area contributed by atoms with Crippen LogP contribution in [-0.4, -0.2) is 87.1 Å². The van der Waals surface area contributed by atoms with Crippen molar-refractivity contribution in [3.05, 3.63) is 59.1 Å². The van der Waals surface area contributed by atoms with Gasteiger partial charge in [0, 0.05) is 36.9 Å². The van der Waals surface area contributed by atoms with Crippen molar-refractivity contribution in [3.63, 3.8) is 0 Å². The van der Waals surface area contributed by atoms with Gasteiger partial charge in [0.05, 0.1) is 31.6 Å². The van der Waals surface area contributed by atoms with Crippen molar-refractivity contribution in [1.82, 2.24) is 9.21 Å². The molecule has 0 saturated carbocycles. The van der Waals surface area contributed by atoms with Gasteiger partial charge >= 0.3 is 6.03 Å². The summed E-state index contributed by atoms with van der Waals surface area (Å²) in [7, 11) is -3.50. The lowest BCUT2D eigenvalue weighted by Gasteiger charge is -2.27. The number of urea groups is 1. The van der Waals surface area contributed by atoms with Crippen LogP contribution in [0.5, 0.6) is 5.75 Å². The quantitative estimate of drug-likeness (QED) is 0.557. The molecule has 4 rings (SSSR count). The number of hydrogen-bond donors (Lipinski definition) is 1. The molecule has 0 spiro atoms. The van der Waals surface area contributed by atoms with Crippen LogP contribution in [0.4, 0.5) is 10.5 Å². The molecule has 0 radical (unpaired) electrons. The van der Waals surface area contributed by atoms with Crippen LogP contribution in [0, 0.1) is 0 Å². The lowest BCUT2D eigenvalue weighted by molar-refractivity contribution is 0.0730. The molecule has 2 aliphatic rings. The molecule has 1 N–H and O–H groups in total. The molecular weight excluding hydrogens is 482 g/mol. The average Bonchev–Trinajstić information content (AvgIpc) is 3.19. The molecule has 11 heteroatoms. The Morgan fingerprint density at radius 2 is 1.85 bits per heavy atom. The van der Waals surface area contributed by atoms with Crippen LogP contribution in [0.3, 0.4) is 0 Å². The zero-order valence-electron chi connectivity index (χ0n) is 18.7. The number of carbonyl (C=O) groups excluding carboxylic acids is 1. The number of aliphatic hydroxyl groups excluding tert-OH is 1. The van der Waals surface area contributed by atoms with E-state index in [4.69, 9.17) is 26.2 Å². The molecule has 0 aromatic heterocycles. The summed E-state index contributed by atoms with van der Waals surface area (Å²) in [6, 6.07) is 13.7. The fraction of sp³-hybridized carbons (Fsp3) is 0.435. The van der Waals surface area contributed by atoms with Crippen LogP contribution in [-0.2, 0) is 14.8 Å². The number of benzene rings is 2. The molecule has 2 aromatic rings. The van der Waals surface area contributed by atoms with Gasteiger partial charge in [-0.15, -0.1) is 0 Å². The number of hydrogen-bond acceptors (Lipinski definition) is 6. The van der Waals surface area contributed by atoms with Crippen LogP contribution >= 0.6 is 11.6 Å². The lowest BCUT2D eigenvalue weighted by Crippen LogP contribution is -2.44. The standard InChI is InChI=1S/C23H28ClN3O6S/c24-19-4-6-20(7-5-19)27-22(18-2-1-3-21(16-18)33-14-11-28)17-25(23(27)29)10-15-34(30,31)26-8-12-32-13-9-26/h1-7,16,22,28H,8-15,17H2/t22-/m1/s1. The molecule has 9 nitrogen and oxygen atoms in total. The second kappa shape index (κ2) is 10.9. The fourth-order valence-electron chi connectivity index (χ4n) is 4.14. The van der Waals surface area contributed by atoms with Gasteiger partial charge in [-0.05, 0) is 42.0 Å². The molecule has 0 aliphatic carbocycles. The van der Waals surface area contributed by atoms with Crippen LogP contribution in [0.2, 0.25) is 5.02 Å². The highest BCUT2D eigenvalue weighted by molar-refractivity contribution is 7.89. The number of anilines is 1. The minimum Gasteiger partial charge on any atom is -0.491 e. The summed E-state index contributed by atoms with van der Waals surface area (Å²) in [6.45, 7) is 1.89. The molecule has 0 bridgehead atoms. The molecule has 2 saturated heterocycles. The minimum atomic E-state index is -3.50. The first kappa shape index (κ1) is 24.7. The summed E-state index contributed by atoms with van der Waals surface area (Å²) in [5.74, 6) is 0.433. The second-order valence-corrected chi connectivity index (χ2v) is 10.6. The third kappa shape index (κ3) is 5.64. The number of rotatable bonds is 9. The van der Waals surface area contributed by atoms with Gasteiger partial charge in [-0.25, -0.2) is 13.2 Å². The van der Waals surface area contributed by atoms with E-state index in [2.05, 4.69) is 0 Å². The molecule has 2 amide bonds. The molecule has 2 fully saturated rings. The monoisotopic (exact) mass is 509 g/mol. The van der Waals surface area contributed by atoms with E-state index in [0.29, 0.717) is 49.3 Å². The van der Waals surface area contributed by atoms with Crippen LogP contribution in [0.15, 0.2) is 48.5 Å². The number of carbonyl (C=O) groups is 1. The van der Waals surface area contributed by atoms with Gasteiger partial charge in [-0.2, -0.15) is 4.31 Å². The minimum absolute atomic E-state index is 0.0832. The van der Waals surface area contributed by atoms with Crippen molar-refractivity contribution >= 4 is 33.3 Å². The molecular formula is C23H28ClN3O6S. The Morgan fingerprint density at radius 1 is 1.12 bits per heavy atom. The molecule has 1 atom stereocenters. The second-order valence-electron chi connectivity index (χ2n) is 8.06. The Balaban J connectivity index is 1.57. The number of ether oxygens (including phenoxy) is 2. The SMILES string of the molecule is O=C1N(CCS(=O)(=O)N2CCOCC2)C[C@H](c2cccc(OCCO)c2)N1c1ccc(Cl)cc1. The van der Waals surface area contributed by atoms with Crippen molar-refractivity contribution in [2.24, 2.45) is 0 Å². The van der Waals surface area contributed by atoms with Crippen molar-refractivity contribution in [2.45, 2.75) is 6.04 Å². The van der Waals surface area contributed by atoms with E-state index in [-0.39, 0.29) is 37.6 Å². The third-order valence-electron chi connectivity index (χ3n) is 5.87. The first-order valence-electron chi connectivity index (χ1n) is 11.1. The summed E-state index contributed by atoms with van der Waals surface area (Å²) < 4.78 is 37.8. The highest BCUT2D eigenvalue weighted by atomic mass is 35.5.